The van der Waals surface area contributed by atoms with Crippen LogP contribution in [0.25, 0.3) is 0 Å². The second-order valence-corrected chi connectivity index (χ2v) is 6.20. The number of pyridine rings is 1. The number of nitrogens with zero attached hydrogens (tertiary/aromatic N) is 2. The van der Waals surface area contributed by atoms with Gasteiger partial charge in [0.1, 0.15) is 5.82 Å². The van der Waals surface area contributed by atoms with E-state index in [-0.39, 0.29) is 0 Å². The van der Waals surface area contributed by atoms with Gasteiger partial charge in [0.25, 0.3) is 0 Å². The minimum atomic E-state index is 0.375. The van der Waals surface area contributed by atoms with E-state index in [9.17, 15) is 0 Å². The number of halogens is 1. The van der Waals surface area contributed by atoms with Gasteiger partial charge >= 0.3 is 0 Å². The van der Waals surface area contributed by atoms with E-state index in [0.717, 1.165) is 36.6 Å². The topological polar surface area (TPSA) is 37.4 Å². The van der Waals surface area contributed by atoms with Gasteiger partial charge in [0.2, 0.25) is 0 Å². The molecule has 2 heterocycles. The van der Waals surface area contributed by atoms with Crippen LogP contribution in [0, 0.1) is 0 Å². The van der Waals surface area contributed by atoms with E-state index < -0.39 is 0 Å². The molecule has 0 bridgehead atoms. The molecule has 1 unspecified atom stereocenters. The maximum Gasteiger partial charge on any atom is 0.133 e. The van der Waals surface area contributed by atoms with Crippen LogP contribution in [0.3, 0.4) is 0 Å². The van der Waals surface area contributed by atoms with Crippen LogP contribution in [0.15, 0.2) is 16.7 Å². The Hall–Kier alpha value is -0.650. The van der Waals surface area contributed by atoms with Crippen LogP contribution in [-0.2, 0) is 11.3 Å². The molecule has 5 heteroatoms. The van der Waals surface area contributed by atoms with Crippen molar-refractivity contribution < 1.29 is 4.74 Å². The minimum Gasteiger partial charge on any atom is -0.377 e. The summed E-state index contributed by atoms with van der Waals surface area (Å²) in [7, 11) is 0. The van der Waals surface area contributed by atoms with Crippen molar-refractivity contribution in [3.63, 3.8) is 0 Å². The number of nitrogens with one attached hydrogen (secondary N) is 1. The lowest BCUT2D eigenvalue weighted by Gasteiger charge is -2.35. The number of rotatable bonds is 4. The number of morpholine rings is 1. The van der Waals surface area contributed by atoms with Crippen molar-refractivity contribution in [3.05, 3.63) is 22.3 Å². The molecule has 4 nitrogen and oxygen atoms in total. The summed E-state index contributed by atoms with van der Waals surface area (Å²) < 4.78 is 6.53. The Morgan fingerprint density at radius 2 is 2.37 bits per heavy atom. The molecule has 0 radical (unpaired) electrons. The van der Waals surface area contributed by atoms with Crippen molar-refractivity contribution in [2.24, 2.45) is 0 Å². The van der Waals surface area contributed by atoms with Crippen LogP contribution in [0.2, 0.25) is 0 Å². The van der Waals surface area contributed by atoms with Gasteiger partial charge in [-0.25, -0.2) is 4.98 Å². The van der Waals surface area contributed by atoms with Gasteiger partial charge in [0.05, 0.1) is 19.3 Å². The van der Waals surface area contributed by atoms with Gasteiger partial charge in [-0.1, -0.05) is 13.8 Å². The number of aromatic nitrogens is 1. The lowest BCUT2D eigenvalue weighted by atomic mass is 10.2. The van der Waals surface area contributed by atoms with Crippen molar-refractivity contribution in [1.29, 1.82) is 0 Å². The van der Waals surface area contributed by atoms with Gasteiger partial charge in [0, 0.05) is 35.4 Å². The third-order valence-corrected chi connectivity index (χ3v) is 3.68. The van der Waals surface area contributed by atoms with Crippen LogP contribution in [0.4, 0.5) is 5.82 Å². The Kier molecular flexibility index (Phi) is 5.19. The van der Waals surface area contributed by atoms with Gasteiger partial charge < -0.3 is 15.0 Å². The van der Waals surface area contributed by atoms with Gasteiger partial charge in [-0.15, -0.1) is 0 Å². The molecule has 1 aromatic rings. The highest BCUT2D eigenvalue weighted by atomic mass is 79.9. The molecule has 0 saturated carbocycles. The number of hydrogen-bond donors (Lipinski definition) is 1. The summed E-state index contributed by atoms with van der Waals surface area (Å²) in [6, 6.07) is 2.99. The maximum absolute atomic E-state index is 5.50. The summed E-state index contributed by atoms with van der Waals surface area (Å²) in [6.45, 7) is 9.79. The van der Waals surface area contributed by atoms with E-state index in [1.54, 1.807) is 0 Å². The van der Waals surface area contributed by atoms with Crippen LogP contribution < -0.4 is 10.2 Å². The molecular weight excluding hydrogens is 306 g/mol. The molecule has 2 rings (SSSR count). The molecule has 0 spiro atoms. The summed E-state index contributed by atoms with van der Waals surface area (Å²) in [5.41, 5.74) is 1.23. The average Bonchev–Trinajstić information content (AvgIpc) is 2.37. The second kappa shape index (κ2) is 6.68. The first kappa shape index (κ1) is 14.8. The Labute approximate surface area is 123 Å². The fraction of sp³-hybridized carbons (Fsp3) is 0.643. The molecule has 1 N–H and O–H groups in total. The molecule has 1 aromatic heterocycles. The normalized spacial score (nSPS) is 20.1. The molecule has 1 aliphatic rings. The van der Waals surface area contributed by atoms with Crippen molar-refractivity contribution >= 4 is 21.7 Å². The molecule has 19 heavy (non-hydrogen) atoms. The predicted molar refractivity (Wildman–Crippen MR) is 81.5 cm³/mol. The first-order chi connectivity index (χ1) is 9.08. The zero-order chi connectivity index (χ0) is 13.8. The molecule has 1 fully saturated rings. The average molecular weight is 328 g/mol. The zero-order valence-corrected chi connectivity index (χ0v) is 13.4. The first-order valence-electron chi connectivity index (χ1n) is 6.80. The molecule has 1 atom stereocenters. The fourth-order valence-corrected chi connectivity index (χ4v) is 2.60. The van der Waals surface area contributed by atoms with Crippen molar-refractivity contribution in [1.82, 2.24) is 10.3 Å². The van der Waals surface area contributed by atoms with Crippen molar-refractivity contribution in [2.75, 3.05) is 24.7 Å². The van der Waals surface area contributed by atoms with Gasteiger partial charge in [-0.2, -0.15) is 0 Å². The number of hydrogen-bond acceptors (Lipinski definition) is 4. The van der Waals surface area contributed by atoms with Gasteiger partial charge in [-0.05, 0) is 28.9 Å². The summed E-state index contributed by atoms with van der Waals surface area (Å²) >= 11 is 3.51. The van der Waals surface area contributed by atoms with E-state index >= 15 is 0 Å². The Balaban J connectivity index is 2.22. The van der Waals surface area contributed by atoms with Crippen LogP contribution in [0.5, 0.6) is 0 Å². The van der Waals surface area contributed by atoms with Crippen LogP contribution in [0.1, 0.15) is 26.3 Å². The Bertz CT molecular complexity index is 425. The molecule has 1 saturated heterocycles. The lowest BCUT2D eigenvalue weighted by Crippen LogP contribution is -2.44. The SMILES string of the molecule is CC(C)NCc1cc(Br)cnc1N1CCOCC1C. The monoisotopic (exact) mass is 327 g/mol. The molecule has 0 aromatic carbocycles. The van der Waals surface area contributed by atoms with E-state index in [2.05, 4.69) is 58.0 Å². The minimum absolute atomic E-state index is 0.375. The molecule has 0 amide bonds. The first-order valence-corrected chi connectivity index (χ1v) is 7.59. The largest absolute Gasteiger partial charge is 0.377 e. The predicted octanol–water partition coefficient (Wildman–Crippen LogP) is 2.57. The van der Waals surface area contributed by atoms with Crippen LogP contribution >= 0.6 is 15.9 Å². The van der Waals surface area contributed by atoms with Crippen molar-refractivity contribution in [2.45, 2.75) is 39.4 Å². The van der Waals surface area contributed by atoms with E-state index in [4.69, 9.17) is 4.74 Å². The van der Waals surface area contributed by atoms with E-state index in [1.807, 2.05) is 6.20 Å². The Morgan fingerprint density at radius 1 is 1.58 bits per heavy atom. The van der Waals surface area contributed by atoms with Gasteiger partial charge in [0.15, 0.2) is 0 Å². The quantitative estimate of drug-likeness (QED) is 0.922. The van der Waals surface area contributed by atoms with Crippen molar-refractivity contribution in [3.8, 4) is 0 Å². The number of anilines is 1. The third-order valence-electron chi connectivity index (χ3n) is 3.25. The summed E-state index contributed by atoms with van der Waals surface area (Å²) in [4.78, 5) is 6.95. The molecule has 106 valence electrons. The fourth-order valence-electron chi connectivity index (χ4n) is 2.22. The second-order valence-electron chi connectivity index (χ2n) is 5.29. The molecular formula is C14H22BrN3O. The summed E-state index contributed by atoms with van der Waals surface area (Å²) in [6.07, 6.45) is 1.87. The smallest absolute Gasteiger partial charge is 0.133 e. The highest BCUT2D eigenvalue weighted by molar-refractivity contribution is 9.10. The van der Waals surface area contributed by atoms with Gasteiger partial charge in [-0.3, -0.25) is 0 Å². The maximum atomic E-state index is 5.50. The third kappa shape index (κ3) is 3.91. The highest BCUT2D eigenvalue weighted by Crippen LogP contribution is 2.24. The van der Waals surface area contributed by atoms with E-state index in [1.165, 1.54) is 5.56 Å². The highest BCUT2D eigenvalue weighted by Gasteiger charge is 2.22. The Morgan fingerprint density at radius 3 is 3.05 bits per heavy atom. The zero-order valence-electron chi connectivity index (χ0n) is 11.8. The number of ether oxygens (including phenoxy) is 1. The van der Waals surface area contributed by atoms with Crippen LogP contribution in [-0.4, -0.2) is 36.8 Å². The standard InChI is InChI=1S/C14H22BrN3O/c1-10(2)16-7-12-6-13(15)8-17-14(12)18-4-5-19-9-11(18)3/h6,8,10-11,16H,4-5,7,9H2,1-3H3. The van der Waals surface area contributed by atoms with E-state index in [0.29, 0.717) is 12.1 Å². The summed E-state index contributed by atoms with van der Waals surface area (Å²) in [5.74, 6) is 1.08. The lowest BCUT2D eigenvalue weighted by molar-refractivity contribution is 0.0984. The summed E-state index contributed by atoms with van der Waals surface area (Å²) in [5, 5.41) is 3.46. The molecule has 1 aliphatic heterocycles. The molecule has 0 aliphatic carbocycles.